The first-order valence-corrected chi connectivity index (χ1v) is 6.20. The molecule has 1 heterocycles. The first-order chi connectivity index (χ1) is 6.92. The molecule has 1 rings (SSSR count). The van der Waals surface area contributed by atoms with Gasteiger partial charge in [-0.2, -0.15) is 0 Å². The van der Waals surface area contributed by atoms with Gasteiger partial charge < -0.3 is 9.73 Å². The summed E-state index contributed by atoms with van der Waals surface area (Å²) in [5.74, 6) is 1.04. The minimum Gasteiger partial charge on any atom is -0.454 e. The van der Waals surface area contributed by atoms with Crippen LogP contribution >= 0.6 is 15.9 Å². The average molecular weight is 274 g/mol. The molecule has 0 atom stereocenters. The first-order valence-electron chi connectivity index (χ1n) is 5.41. The number of hydrogen-bond donors (Lipinski definition) is 1. The zero-order valence-electron chi connectivity index (χ0n) is 9.93. The maximum absolute atomic E-state index is 5.59. The Kier molecular flexibility index (Phi) is 4.41. The molecule has 0 fully saturated rings. The second-order valence-electron chi connectivity index (χ2n) is 4.85. The fourth-order valence-electron chi connectivity index (χ4n) is 1.47. The Labute approximate surface area is 101 Å². The summed E-state index contributed by atoms with van der Waals surface area (Å²) in [5, 5.41) is 3.42. The quantitative estimate of drug-likeness (QED) is 0.885. The van der Waals surface area contributed by atoms with Crippen LogP contribution in [0.1, 0.15) is 39.9 Å². The molecule has 0 saturated heterocycles. The van der Waals surface area contributed by atoms with E-state index in [1.807, 2.05) is 12.1 Å². The molecule has 1 N–H and O–H groups in total. The van der Waals surface area contributed by atoms with Crippen molar-refractivity contribution in [3.63, 3.8) is 0 Å². The highest BCUT2D eigenvalue weighted by Crippen LogP contribution is 2.29. The van der Waals surface area contributed by atoms with Crippen LogP contribution in [0.15, 0.2) is 21.2 Å². The van der Waals surface area contributed by atoms with E-state index in [1.54, 1.807) is 0 Å². The van der Waals surface area contributed by atoms with Crippen LogP contribution in [-0.4, -0.2) is 12.6 Å². The van der Waals surface area contributed by atoms with Crippen LogP contribution in [0.5, 0.6) is 0 Å². The number of hydrogen-bond acceptors (Lipinski definition) is 2. The molecule has 86 valence electrons. The zero-order chi connectivity index (χ0) is 11.5. The van der Waals surface area contributed by atoms with Crippen molar-refractivity contribution >= 4 is 15.9 Å². The molecule has 0 spiro atoms. The van der Waals surface area contributed by atoms with Gasteiger partial charge in [-0.25, -0.2) is 0 Å². The van der Waals surface area contributed by atoms with Crippen LogP contribution in [0, 0.1) is 0 Å². The van der Waals surface area contributed by atoms with E-state index in [1.165, 1.54) is 0 Å². The van der Waals surface area contributed by atoms with Crippen LogP contribution in [0.4, 0.5) is 0 Å². The Morgan fingerprint density at radius 1 is 1.40 bits per heavy atom. The number of nitrogens with one attached hydrogen (secondary N) is 1. The molecule has 0 aromatic carbocycles. The summed E-state index contributed by atoms with van der Waals surface area (Å²) in [6.45, 7) is 9.76. The SMILES string of the molecule is CC(C)NCCC(C)(C)c1ccc(Br)o1. The number of halogens is 1. The van der Waals surface area contributed by atoms with Crippen LogP contribution in [-0.2, 0) is 5.41 Å². The van der Waals surface area contributed by atoms with E-state index in [9.17, 15) is 0 Å². The van der Waals surface area contributed by atoms with Gasteiger partial charge in [0.2, 0.25) is 0 Å². The van der Waals surface area contributed by atoms with Crippen molar-refractivity contribution in [3.8, 4) is 0 Å². The second-order valence-corrected chi connectivity index (χ2v) is 5.63. The molecular formula is C12H20BrNO. The van der Waals surface area contributed by atoms with Gasteiger partial charge in [0.25, 0.3) is 0 Å². The maximum Gasteiger partial charge on any atom is 0.169 e. The minimum absolute atomic E-state index is 0.0912. The van der Waals surface area contributed by atoms with Crippen LogP contribution < -0.4 is 5.32 Å². The lowest BCUT2D eigenvalue weighted by molar-refractivity contribution is 0.346. The molecule has 0 unspecified atom stereocenters. The van der Waals surface area contributed by atoms with Crippen LogP contribution in [0.2, 0.25) is 0 Å². The average Bonchev–Trinajstić information content (AvgIpc) is 2.51. The van der Waals surface area contributed by atoms with Crippen molar-refractivity contribution < 1.29 is 4.42 Å². The highest BCUT2D eigenvalue weighted by atomic mass is 79.9. The van der Waals surface area contributed by atoms with Gasteiger partial charge in [-0.15, -0.1) is 0 Å². The van der Waals surface area contributed by atoms with E-state index < -0.39 is 0 Å². The largest absolute Gasteiger partial charge is 0.454 e. The van der Waals surface area contributed by atoms with Gasteiger partial charge in [0.05, 0.1) is 0 Å². The normalized spacial score (nSPS) is 12.4. The number of rotatable bonds is 5. The molecule has 0 bridgehead atoms. The minimum atomic E-state index is 0.0912. The molecule has 15 heavy (non-hydrogen) atoms. The molecule has 0 aliphatic rings. The van der Waals surface area contributed by atoms with Gasteiger partial charge >= 0.3 is 0 Å². The first kappa shape index (κ1) is 12.8. The lowest BCUT2D eigenvalue weighted by Crippen LogP contribution is -2.29. The molecule has 1 aromatic heterocycles. The molecule has 0 aliphatic heterocycles. The van der Waals surface area contributed by atoms with E-state index in [0.29, 0.717) is 6.04 Å². The fourth-order valence-corrected chi connectivity index (χ4v) is 1.78. The number of furan rings is 1. The van der Waals surface area contributed by atoms with Crippen molar-refractivity contribution in [1.29, 1.82) is 0 Å². The third kappa shape index (κ3) is 3.99. The summed E-state index contributed by atoms with van der Waals surface area (Å²) in [5.41, 5.74) is 0.0912. The maximum atomic E-state index is 5.59. The molecule has 0 radical (unpaired) electrons. The van der Waals surface area contributed by atoms with E-state index in [4.69, 9.17) is 4.42 Å². The predicted molar refractivity (Wildman–Crippen MR) is 67.2 cm³/mol. The third-order valence-corrected chi connectivity index (χ3v) is 2.97. The highest BCUT2D eigenvalue weighted by molar-refractivity contribution is 9.10. The van der Waals surface area contributed by atoms with E-state index in [-0.39, 0.29) is 5.41 Å². The van der Waals surface area contributed by atoms with E-state index >= 15 is 0 Å². The Hall–Kier alpha value is -0.280. The van der Waals surface area contributed by atoms with Crippen LogP contribution in [0.3, 0.4) is 0 Å². The third-order valence-electron chi connectivity index (χ3n) is 2.54. The van der Waals surface area contributed by atoms with Gasteiger partial charge in [-0.05, 0) is 41.0 Å². The molecule has 0 saturated carbocycles. The molecule has 0 amide bonds. The van der Waals surface area contributed by atoms with Gasteiger partial charge in [0.1, 0.15) is 5.76 Å². The second kappa shape index (κ2) is 5.17. The van der Waals surface area contributed by atoms with Gasteiger partial charge in [-0.1, -0.05) is 27.7 Å². The lowest BCUT2D eigenvalue weighted by atomic mass is 9.86. The zero-order valence-corrected chi connectivity index (χ0v) is 11.5. The fraction of sp³-hybridized carbons (Fsp3) is 0.667. The molecule has 2 nitrogen and oxygen atoms in total. The van der Waals surface area contributed by atoms with Crippen molar-refractivity contribution in [2.45, 2.75) is 45.6 Å². The topological polar surface area (TPSA) is 25.2 Å². The molecule has 0 aliphatic carbocycles. The van der Waals surface area contributed by atoms with Crippen LogP contribution in [0.25, 0.3) is 0 Å². The summed E-state index contributed by atoms with van der Waals surface area (Å²) < 4.78 is 6.40. The molecule has 3 heteroatoms. The predicted octanol–water partition coefficient (Wildman–Crippen LogP) is 3.71. The Morgan fingerprint density at radius 2 is 2.07 bits per heavy atom. The summed E-state index contributed by atoms with van der Waals surface area (Å²) in [4.78, 5) is 0. The Balaban J connectivity index is 2.51. The Bertz CT molecular complexity index is 304. The Morgan fingerprint density at radius 3 is 2.53 bits per heavy atom. The molecular weight excluding hydrogens is 254 g/mol. The smallest absolute Gasteiger partial charge is 0.169 e. The van der Waals surface area contributed by atoms with Gasteiger partial charge in [0, 0.05) is 11.5 Å². The highest BCUT2D eigenvalue weighted by Gasteiger charge is 2.23. The standard InChI is InChI=1S/C12H20BrNO/c1-9(2)14-8-7-12(3,4)10-5-6-11(13)15-10/h5-6,9,14H,7-8H2,1-4H3. The van der Waals surface area contributed by atoms with E-state index in [0.717, 1.165) is 23.4 Å². The van der Waals surface area contributed by atoms with Crippen molar-refractivity contribution in [2.24, 2.45) is 0 Å². The molecule has 1 aromatic rings. The summed E-state index contributed by atoms with van der Waals surface area (Å²) in [6, 6.07) is 4.54. The van der Waals surface area contributed by atoms with Gasteiger partial charge in [-0.3, -0.25) is 0 Å². The summed E-state index contributed by atoms with van der Waals surface area (Å²) in [7, 11) is 0. The van der Waals surface area contributed by atoms with Crippen molar-refractivity contribution in [1.82, 2.24) is 5.32 Å². The van der Waals surface area contributed by atoms with Crippen molar-refractivity contribution in [2.75, 3.05) is 6.54 Å². The van der Waals surface area contributed by atoms with E-state index in [2.05, 4.69) is 48.9 Å². The monoisotopic (exact) mass is 273 g/mol. The lowest BCUT2D eigenvalue weighted by Gasteiger charge is -2.22. The van der Waals surface area contributed by atoms with Crippen molar-refractivity contribution in [3.05, 3.63) is 22.6 Å². The van der Waals surface area contributed by atoms with Gasteiger partial charge in [0.15, 0.2) is 4.67 Å². The summed E-state index contributed by atoms with van der Waals surface area (Å²) >= 11 is 3.33. The summed E-state index contributed by atoms with van der Waals surface area (Å²) in [6.07, 6.45) is 1.07.